The Hall–Kier alpha value is -2.15. The normalized spacial score (nSPS) is 15.2. The van der Waals surface area contributed by atoms with Gasteiger partial charge in [0, 0.05) is 37.3 Å². The Kier molecular flexibility index (Phi) is 9.76. The third-order valence-electron chi connectivity index (χ3n) is 4.96. The number of piperidine rings is 1. The van der Waals surface area contributed by atoms with Crippen molar-refractivity contribution in [1.82, 2.24) is 15.5 Å². The van der Waals surface area contributed by atoms with E-state index >= 15 is 0 Å². The number of aliphatic imine (C=N–C) groups is 1. The molecule has 1 fully saturated rings. The highest BCUT2D eigenvalue weighted by atomic mass is 16.5. The smallest absolute Gasteiger partial charge is 0.191 e. The summed E-state index contributed by atoms with van der Waals surface area (Å²) in [6, 6.07) is 3.77. The van der Waals surface area contributed by atoms with Gasteiger partial charge in [0.1, 0.15) is 17.2 Å². The molecule has 28 heavy (non-hydrogen) atoms. The first-order valence-corrected chi connectivity index (χ1v) is 10.2. The van der Waals surface area contributed by atoms with Crippen molar-refractivity contribution < 1.29 is 14.2 Å². The van der Waals surface area contributed by atoms with Gasteiger partial charge in [-0.1, -0.05) is 6.42 Å². The van der Waals surface area contributed by atoms with E-state index in [-0.39, 0.29) is 0 Å². The lowest BCUT2D eigenvalue weighted by Crippen LogP contribution is -2.39. The minimum absolute atomic E-state index is 0.720. The zero-order valence-corrected chi connectivity index (χ0v) is 17.8. The molecular formula is C21H36N4O3. The van der Waals surface area contributed by atoms with Crippen LogP contribution in [0.2, 0.25) is 0 Å². The topological polar surface area (TPSA) is 67.4 Å². The van der Waals surface area contributed by atoms with Crippen LogP contribution in [0.1, 0.15) is 31.7 Å². The summed E-state index contributed by atoms with van der Waals surface area (Å²) in [6.45, 7) is 7.89. The summed E-state index contributed by atoms with van der Waals surface area (Å²) < 4.78 is 16.4. The molecule has 1 saturated heterocycles. The van der Waals surface area contributed by atoms with Gasteiger partial charge in [0.2, 0.25) is 0 Å². The maximum atomic E-state index is 5.53. The Balaban J connectivity index is 1.91. The third-order valence-corrected chi connectivity index (χ3v) is 4.96. The van der Waals surface area contributed by atoms with Crippen LogP contribution in [0.25, 0.3) is 0 Å². The SMILES string of the molecule is CCNC(=NCCN1CCCCC1)NCCc1c(OC)cc(OC)cc1OC. The number of methoxy groups -OCH3 is 3. The Morgan fingerprint density at radius 3 is 2.25 bits per heavy atom. The van der Waals surface area contributed by atoms with Crippen LogP contribution >= 0.6 is 0 Å². The number of nitrogens with one attached hydrogen (secondary N) is 2. The second kappa shape index (κ2) is 12.3. The van der Waals surface area contributed by atoms with Crippen LogP contribution < -0.4 is 24.8 Å². The van der Waals surface area contributed by atoms with Crippen molar-refractivity contribution >= 4 is 5.96 Å². The van der Waals surface area contributed by atoms with Crippen LogP contribution in [-0.4, -0.2) is 71.5 Å². The fourth-order valence-corrected chi connectivity index (χ4v) is 3.46. The van der Waals surface area contributed by atoms with Gasteiger partial charge in [0.25, 0.3) is 0 Å². The molecule has 0 atom stereocenters. The molecule has 1 aromatic rings. The van der Waals surface area contributed by atoms with Crippen molar-refractivity contribution in [1.29, 1.82) is 0 Å². The van der Waals surface area contributed by atoms with Gasteiger partial charge in [-0.25, -0.2) is 0 Å². The number of guanidine groups is 1. The van der Waals surface area contributed by atoms with Crippen LogP contribution in [0.3, 0.4) is 0 Å². The van der Waals surface area contributed by atoms with Crippen molar-refractivity contribution in [2.75, 3.05) is 60.6 Å². The number of benzene rings is 1. The highest BCUT2D eigenvalue weighted by Crippen LogP contribution is 2.34. The molecule has 0 saturated carbocycles. The maximum Gasteiger partial charge on any atom is 0.191 e. The van der Waals surface area contributed by atoms with Crippen molar-refractivity contribution in [3.8, 4) is 17.2 Å². The van der Waals surface area contributed by atoms with E-state index in [1.54, 1.807) is 21.3 Å². The average molecular weight is 393 g/mol. The monoisotopic (exact) mass is 392 g/mol. The molecular weight excluding hydrogens is 356 g/mol. The lowest BCUT2D eigenvalue weighted by atomic mass is 10.1. The Morgan fingerprint density at radius 2 is 1.68 bits per heavy atom. The molecule has 0 radical (unpaired) electrons. The number of hydrogen-bond donors (Lipinski definition) is 2. The van der Waals surface area contributed by atoms with E-state index in [4.69, 9.17) is 19.2 Å². The lowest BCUT2D eigenvalue weighted by molar-refractivity contribution is 0.235. The average Bonchev–Trinajstić information content (AvgIpc) is 2.74. The fraction of sp³-hybridized carbons (Fsp3) is 0.667. The van der Waals surface area contributed by atoms with Gasteiger partial charge in [-0.15, -0.1) is 0 Å². The van der Waals surface area contributed by atoms with Gasteiger partial charge in [0.15, 0.2) is 5.96 Å². The zero-order valence-electron chi connectivity index (χ0n) is 17.8. The van der Waals surface area contributed by atoms with Crippen molar-refractivity contribution in [3.63, 3.8) is 0 Å². The van der Waals surface area contributed by atoms with E-state index in [1.807, 2.05) is 12.1 Å². The zero-order chi connectivity index (χ0) is 20.2. The number of ether oxygens (including phenoxy) is 3. The summed E-state index contributed by atoms with van der Waals surface area (Å²) in [5, 5.41) is 6.74. The second-order valence-electron chi connectivity index (χ2n) is 6.85. The first kappa shape index (κ1) is 22.1. The van der Waals surface area contributed by atoms with Gasteiger partial charge in [-0.3, -0.25) is 4.99 Å². The molecule has 1 aliphatic heterocycles. The lowest BCUT2D eigenvalue weighted by Gasteiger charge is -2.25. The molecule has 7 nitrogen and oxygen atoms in total. The molecule has 158 valence electrons. The molecule has 7 heteroatoms. The van der Waals surface area contributed by atoms with Crippen molar-refractivity contribution in [2.24, 2.45) is 4.99 Å². The van der Waals surface area contributed by atoms with Crippen LogP contribution in [-0.2, 0) is 6.42 Å². The molecule has 0 unspecified atom stereocenters. The summed E-state index contributed by atoms with van der Waals surface area (Å²) >= 11 is 0. The quantitative estimate of drug-likeness (QED) is 0.470. The predicted octanol–water partition coefficient (Wildman–Crippen LogP) is 2.30. The number of likely N-dealkylation sites (tertiary alicyclic amines) is 1. The number of hydrogen-bond acceptors (Lipinski definition) is 5. The summed E-state index contributed by atoms with van der Waals surface area (Å²) in [4.78, 5) is 7.23. The standard InChI is InChI=1S/C21H36N4O3/c1-5-22-21(24-11-14-25-12-7-6-8-13-25)23-10-9-18-19(27-3)15-17(26-2)16-20(18)28-4/h15-16H,5-14H2,1-4H3,(H2,22,23,24). The van der Waals surface area contributed by atoms with Gasteiger partial charge in [0.05, 0.1) is 27.9 Å². The van der Waals surface area contributed by atoms with E-state index in [0.29, 0.717) is 0 Å². The summed E-state index contributed by atoms with van der Waals surface area (Å²) in [7, 11) is 4.97. The Morgan fingerprint density at radius 1 is 1.00 bits per heavy atom. The summed E-state index contributed by atoms with van der Waals surface area (Å²) in [6.07, 6.45) is 4.75. The minimum Gasteiger partial charge on any atom is -0.496 e. The molecule has 0 aliphatic carbocycles. The molecule has 1 aromatic carbocycles. The van der Waals surface area contributed by atoms with Crippen LogP contribution in [0.15, 0.2) is 17.1 Å². The number of nitrogens with zero attached hydrogens (tertiary/aromatic N) is 2. The van der Waals surface area contributed by atoms with E-state index in [2.05, 4.69) is 22.5 Å². The predicted molar refractivity (Wildman–Crippen MR) is 114 cm³/mol. The third kappa shape index (κ3) is 6.78. The van der Waals surface area contributed by atoms with Crippen molar-refractivity contribution in [2.45, 2.75) is 32.6 Å². The molecule has 2 rings (SSSR count). The number of rotatable bonds is 10. The molecule has 0 aromatic heterocycles. The van der Waals surface area contributed by atoms with E-state index in [1.165, 1.54) is 32.4 Å². The van der Waals surface area contributed by atoms with Crippen LogP contribution in [0, 0.1) is 0 Å². The van der Waals surface area contributed by atoms with E-state index < -0.39 is 0 Å². The van der Waals surface area contributed by atoms with E-state index in [9.17, 15) is 0 Å². The molecule has 0 bridgehead atoms. The highest BCUT2D eigenvalue weighted by Gasteiger charge is 2.13. The van der Waals surface area contributed by atoms with Crippen LogP contribution in [0.5, 0.6) is 17.2 Å². The van der Waals surface area contributed by atoms with Gasteiger partial charge < -0.3 is 29.7 Å². The Labute approximate surface area is 169 Å². The first-order valence-electron chi connectivity index (χ1n) is 10.2. The molecule has 2 N–H and O–H groups in total. The summed E-state index contributed by atoms with van der Waals surface area (Å²) in [5.41, 5.74) is 1.02. The van der Waals surface area contributed by atoms with Crippen LogP contribution in [0.4, 0.5) is 0 Å². The highest BCUT2D eigenvalue weighted by molar-refractivity contribution is 5.79. The fourth-order valence-electron chi connectivity index (χ4n) is 3.46. The van der Waals surface area contributed by atoms with Gasteiger partial charge >= 0.3 is 0 Å². The minimum atomic E-state index is 0.720. The van der Waals surface area contributed by atoms with E-state index in [0.717, 1.165) is 61.4 Å². The first-order chi connectivity index (χ1) is 13.7. The molecule has 1 heterocycles. The molecule has 0 amide bonds. The largest absolute Gasteiger partial charge is 0.496 e. The molecule has 0 spiro atoms. The second-order valence-corrected chi connectivity index (χ2v) is 6.85. The Bertz CT molecular complexity index is 591. The molecule has 1 aliphatic rings. The summed E-state index contributed by atoms with van der Waals surface area (Å²) in [5.74, 6) is 3.11. The van der Waals surface area contributed by atoms with Gasteiger partial charge in [-0.05, 0) is 39.3 Å². The van der Waals surface area contributed by atoms with Gasteiger partial charge in [-0.2, -0.15) is 0 Å². The van der Waals surface area contributed by atoms with Crippen molar-refractivity contribution in [3.05, 3.63) is 17.7 Å². The maximum absolute atomic E-state index is 5.53.